The first-order valence-corrected chi connectivity index (χ1v) is 12.9. The molecule has 0 spiro atoms. The highest BCUT2D eigenvalue weighted by molar-refractivity contribution is 8.00. The maximum absolute atomic E-state index is 12.4. The molecule has 0 heterocycles. The van der Waals surface area contributed by atoms with E-state index in [1.165, 1.54) is 11.8 Å². The van der Waals surface area contributed by atoms with Gasteiger partial charge in [0, 0.05) is 16.3 Å². The average Bonchev–Trinajstić information content (AvgIpc) is 2.88. The predicted molar refractivity (Wildman–Crippen MR) is 150 cm³/mol. The number of thiocarbonyl (C=S) groups is 1. The second-order valence-electron chi connectivity index (χ2n) is 7.71. The number of para-hydroxylation sites is 2. The van der Waals surface area contributed by atoms with Gasteiger partial charge in [-0.2, -0.15) is 0 Å². The molecule has 0 aliphatic rings. The Morgan fingerprint density at radius 3 is 2.44 bits per heavy atom. The van der Waals surface area contributed by atoms with E-state index in [9.17, 15) is 9.59 Å². The zero-order chi connectivity index (χ0) is 25.8. The predicted octanol–water partition coefficient (Wildman–Crippen LogP) is 6.19. The summed E-state index contributed by atoms with van der Waals surface area (Å²) in [6, 6.07) is 21.8. The van der Waals surface area contributed by atoms with Crippen LogP contribution >= 0.6 is 24.0 Å². The Morgan fingerprint density at radius 2 is 1.69 bits per heavy atom. The van der Waals surface area contributed by atoms with Crippen molar-refractivity contribution >= 4 is 58.0 Å². The van der Waals surface area contributed by atoms with E-state index >= 15 is 0 Å². The van der Waals surface area contributed by atoms with E-state index in [2.05, 4.69) is 16.0 Å². The highest BCUT2D eigenvalue weighted by Gasteiger charge is 2.09. The minimum Gasteiger partial charge on any atom is -0.495 e. The number of amides is 1. The van der Waals surface area contributed by atoms with Gasteiger partial charge in [0.2, 0.25) is 5.91 Å². The molecule has 3 aromatic carbocycles. The van der Waals surface area contributed by atoms with Crippen LogP contribution in [0.3, 0.4) is 0 Å². The van der Waals surface area contributed by atoms with Crippen LogP contribution in [0.25, 0.3) is 0 Å². The van der Waals surface area contributed by atoms with E-state index < -0.39 is 0 Å². The summed E-state index contributed by atoms with van der Waals surface area (Å²) in [5, 5.41) is 9.55. The Kier molecular flexibility index (Phi) is 10.6. The van der Waals surface area contributed by atoms with Gasteiger partial charge in [0.1, 0.15) is 5.75 Å². The first-order valence-electron chi connectivity index (χ1n) is 11.5. The molecule has 3 N–H and O–H groups in total. The lowest BCUT2D eigenvalue weighted by atomic mass is 10.2. The molecule has 0 atom stereocenters. The summed E-state index contributed by atoms with van der Waals surface area (Å²) in [6.07, 6.45) is 1.80. The van der Waals surface area contributed by atoms with E-state index in [4.69, 9.17) is 21.7 Å². The van der Waals surface area contributed by atoms with Crippen LogP contribution in [0.1, 0.15) is 30.1 Å². The third kappa shape index (κ3) is 8.58. The molecule has 0 fully saturated rings. The second kappa shape index (κ2) is 14.1. The smallest absolute Gasteiger partial charge is 0.338 e. The Labute approximate surface area is 221 Å². The van der Waals surface area contributed by atoms with Crippen molar-refractivity contribution in [2.75, 3.05) is 35.4 Å². The first kappa shape index (κ1) is 27.0. The van der Waals surface area contributed by atoms with Crippen molar-refractivity contribution in [1.82, 2.24) is 0 Å². The number of anilines is 3. The standard InChI is InChI=1S/C27H29N3O4S2/c1-3-4-16-34-26(32)19-12-14-20(15-13-19)28-25(31)18-36-22-9-7-8-21(17-22)29-27(35)30-23-10-5-6-11-24(23)33-2/h5-15,17H,3-4,16,18H2,1-2H3,(H,28,31)(H2,29,30,35). The maximum atomic E-state index is 12.4. The van der Waals surface area contributed by atoms with Crippen LogP contribution in [0.5, 0.6) is 5.75 Å². The van der Waals surface area contributed by atoms with Crippen LogP contribution in [-0.2, 0) is 9.53 Å². The molecule has 7 nitrogen and oxygen atoms in total. The van der Waals surface area contributed by atoms with Gasteiger partial charge in [-0.15, -0.1) is 11.8 Å². The van der Waals surface area contributed by atoms with E-state index in [1.54, 1.807) is 31.4 Å². The summed E-state index contributed by atoms with van der Waals surface area (Å²) in [7, 11) is 1.61. The van der Waals surface area contributed by atoms with Crippen LogP contribution in [0.15, 0.2) is 77.7 Å². The van der Waals surface area contributed by atoms with Gasteiger partial charge in [-0.3, -0.25) is 4.79 Å². The summed E-state index contributed by atoms with van der Waals surface area (Å²) < 4.78 is 10.5. The lowest BCUT2D eigenvalue weighted by Gasteiger charge is -2.14. The van der Waals surface area contributed by atoms with Crippen molar-refractivity contribution in [3.05, 3.63) is 78.4 Å². The minimum absolute atomic E-state index is 0.148. The molecule has 0 unspecified atom stereocenters. The van der Waals surface area contributed by atoms with Gasteiger partial charge >= 0.3 is 5.97 Å². The highest BCUT2D eigenvalue weighted by Crippen LogP contribution is 2.25. The van der Waals surface area contributed by atoms with Crippen molar-refractivity contribution in [2.24, 2.45) is 0 Å². The molecule has 9 heteroatoms. The fourth-order valence-corrected chi connectivity index (χ4v) is 4.11. The number of methoxy groups -OCH3 is 1. The Morgan fingerprint density at radius 1 is 0.917 bits per heavy atom. The molecule has 188 valence electrons. The number of benzene rings is 3. The summed E-state index contributed by atoms with van der Waals surface area (Å²) >= 11 is 6.83. The topological polar surface area (TPSA) is 88.7 Å². The Balaban J connectivity index is 1.47. The number of ether oxygens (including phenoxy) is 2. The molecule has 36 heavy (non-hydrogen) atoms. The molecule has 0 saturated carbocycles. The van der Waals surface area contributed by atoms with Crippen LogP contribution in [0.2, 0.25) is 0 Å². The molecule has 3 aromatic rings. The summed E-state index contributed by atoms with van der Waals surface area (Å²) in [6.45, 7) is 2.45. The number of carbonyl (C=O) groups excluding carboxylic acids is 2. The van der Waals surface area contributed by atoms with Crippen molar-refractivity contribution in [2.45, 2.75) is 24.7 Å². The van der Waals surface area contributed by atoms with Crippen LogP contribution < -0.4 is 20.7 Å². The average molecular weight is 524 g/mol. The van der Waals surface area contributed by atoms with Crippen molar-refractivity contribution in [1.29, 1.82) is 0 Å². The Bertz CT molecular complexity index is 1190. The largest absolute Gasteiger partial charge is 0.495 e. The van der Waals surface area contributed by atoms with Crippen LogP contribution in [0, 0.1) is 0 Å². The van der Waals surface area contributed by atoms with Crippen molar-refractivity contribution in [3.63, 3.8) is 0 Å². The fourth-order valence-electron chi connectivity index (χ4n) is 3.12. The number of thioether (sulfide) groups is 1. The molecular formula is C27H29N3O4S2. The van der Waals surface area contributed by atoms with Crippen molar-refractivity contribution < 1.29 is 19.1 Å². The maximum Gasteiger partial charge on any atom is 0.338 e. The first-order chi connectivity index (χ1) is 17.5. The van der Waals surface area contributed by atoms with Crippen LogP contribution in [0.4, 0.5) is 17.1 Å². The zero-order valence-electron chi connectivity index (χ0n) is 20.2. The fraction of sp³-hybridized carbons (Fsp3) is 0.222. The zero-order valence-corrected chi connectivity index (χ0v) is 21.8. The van der Waals surface area contributed by atoms with E-state index in [0.717, 1.165) is 29.1 Å². The lowest BCUT2D eigenvalue weighted by Crippen LogP contribution is -2.19. The van der Waals surface area contributed by atoms with E-state index in [-0.39, 0.29) is 17.6 Å². The number of esters is 1. The molecule has 0 radical (unpaired) electrons. The normalized spacial score (nSPS) is 10.3. The SMILES string of the molecule is CCCCOC(=O)c1ccc(NC(=O)CSc2cccc(NC(=S)Nc3ccccc3OC)c2)cc1. The lowest BCUT2D eigenvalue weighted by molar-refractivity contribution is -0.113. The van der Waals surface area contributed by atoms with Gasteiger partial charge in [-0.05, 0) is 73.2 Å². The minimum atomic E-state index is -0.358. The van der Waals surface area contributed by atoms with Gasteiger partial charge in [-0.25, -0.2) is 4.79 Å². The summed E-state index contributed by atoms with van der Waals surface area (Å²) in [5.41, 5.74) is 2.64. The third-order valence-corrected chi connectivity index (χ3v) is 6.15. The van der Waals surface area contributed by atoms with Gasteiger partial charge in [0.15, 0.2) is 5.11 Å². The van der Waals surface area contributed by atoms with E-state index in [1.807, 2.05) is 55.5 Å². The summed E-state index contributed by atoms with van der Waals surface area (Å²) in [4.78, 5) is 25.3. The van der Waals surface area contributed by atoms with Gasteiger partial charge in [0.25, 0.3) is 0 Å². The van der Waals surface area contributed by atoms with Gasteiger partial charge in [0.05, 0.1) is 30.7 Å². The molecular weight excluding hydrogens is 494 g/mol. The number of hydrogen-bond donors (Lipinski definition) is 3. The molecule has 0 saturated heterocycles. The van der Waals surface area contributed by atoms with Crippen LogP contribution in [-0.4, -0.2) is 36.5 Å². The third-order valence-electron chi connectivity index (χ3n) is 4.95. The Hall–Kier alpha value is -3.56. The van der Waals surface area contributed by atoms with Crippen molar-refractivity contribution in [3.8, 4) is 5.75 Å². The quantitative estimate of drug-likeness (QED) is 0.119. The molecule has 0 bridgehead atoms. The molecule has 0 aromatic heterocycles. The molecule has 0 aliphatic heterocycles. The highest BCUT2D eigenvalue weighted by atomic mass is 32.2. The number of carbonyl (C=O) groups is 2. The number of rotatable bonds is 11. The van der Waals surface area contributed by atoms with Gasteiger partial charge in [-0.1, -0.05) is 31.5 Å². The second-order valence-corrected chi connectivity index (χ2v) is 9.17. The number of unbranched alkanes of at least 4 members (excludes halogenated alkanes) is 1. The molecule has 0 aliphatic carbocycles. The number of nitrogens with one attached hydrogen (secondary N) is 3. The number of hydrogen-bond acceptors (Lipinski definition) is 6. The molecule has 3 rings (SSSR count). The summed E-state index contributed by atoms with van der Waals surface area (Å²) in [5.74, 6) is 0.417. The van der Waals surface area contributed by atoms with E-state index in [0.29, 0.717) is 28.7 Å². The monoisotopic (exact) mass is 523 g/mol. The van der Waals surface area contributed by atoms with Gasteiger partial charge < -0.3 is 25.4 Å². The molecule has 1 amide bonds.